The van der Waals surface area contributed by atoms with Crippen molar-refractivity contribution in [3.8, 4) is 5.75 Å². The molecule has 0 amide bonds. The van der Waals surface area contributed by atoms with E-state index in [9.17, 15) is 9.59 Å². The SMILES string of the molecule is COc1ccc(C2(CC=O)CCCC3(CCCC3)C2=O)cc1. The van der Waals surface area contributed by atoms with Crippen LogP contribution in [0.5, 0.6) is 5.75 Å². The maximum atomic E-state index is 13.4. The van der Waals surface area contributed by atoms with Gasteiger partial charge >= 0.3 is 0 Å². The normalized spacial score (nSPS) is 27.0. The molecule has 1 aromatic rings. The van der Waals surface area contributed by atoms with E-state index < -0.39 is 5.41 Å². The summed E-state index contributed by atoms with van der Waals surface area (Å²) in [6.07, 6.45) is 8.35. The number of hydrogen-bond acceptors (Lipinski definition) is 3. The third kappa shape index (κ3) is 2.27. The highest BCUT2D eigenvalue weighted by atomic mass is 16.5. The molecule has 0 N–H and O–H groups in total. The Morgan fingerprint density at radius 2 is 1.68 bits per heavy atom. The molecular weight excluding hydrogens is 276 g/mol. The van der Waals surface area contributed by atoms with Gasteiger partial charge in [-0.25, -0.2) is 0 Å². The summed E-state index contributed by atoms with van der Waals surface area (Å²) in [6, 6.07) is 7.72. The minimum atomic E-state index is -0.614. The van der Waals surface area contributed by atoms with Crippen molar-refractivity contribution in [1.82, 2.24) is 0 Å². The Labute approximate surface area is 132 Å². The molecular formula is C19H24O3. The molecule has 0 radical (unpaired) electrons. The van der Waals surface area contributed by atoms with Crippen molar-refractivity contribution in [3.05, 3.63) is 29.8 Å². The molecule has 2 fully saturated rings. The van der Waals surface area contributed by atoms with Gasteiger partial charge < -0.3 is 9.53 Å². The van der Waals surface area contributed by atoms with Crippen LogP contribution < -0.4 is 4.74 Å². The minimum absolute atomic E-state index is 0.165. The number of Topliss-reactive ketones (excluding diaryl/α,β-unsaturated/α-hetero) is 1. The fraction of sp³-hybridized carbons (Fsp3) is 0.579. The molecule has 22 heavy (non-hydrogen) atoms. The molecule has 0 aromatic heterocycles. The number of methoxy groups -OCH3 is 1. The first-order valence-corrected chi connectivity index (χ1v) is 8.30. The number of benzene rings is 1. The molecule has 0 saturated heterocycles. The standard InChI is InChI=1S/C19H24O3/c1-22-16-7-5-15(6-8-16)19(13-14-20)12-4-11-18(17(19)21)9-2-3-10-18/h5-8,14H,2-4,9-13H2,1H3. The minimum Gasteiger partial charge on any atom is -0.497 e. The van der Waals surface area contributed by atoms with Gasteiger partial charge in [-0.15, -0.1) is 0 Å². The van der Waals surface area contributed by atoms with E-state index in [-0.39, 0.29) is 5.41 Å². The van der Waals surface area contributed by atoms with Crippen LogP contribution in [0.1, 0.15) is 56.9 Å². The maximum Gasteiger partial charge on any atom is 0.149 e. The van der Waals surface area contributed by atoms with E-state index in [0.717, 1.165) is 62.5 Å². The lowest BCUT2D eigenvalue weighted by molar-refractivity contribution is -0.140. The molecule has 118 valence electrons. The predicted molar refractivity (Wildman–Crippen MR) is 85.1 cm³/mol. The van der Waals surface area contributed by atoms with Crippen molar-refractivity contribution in [3.63, 3.8) is 0 Å². The number of carbonyl (C=O) groups excluding carboxylic acids is 2. The Morgan fingerprint density at radius 3 is 2.27 bits per heavy atom. The van der Waals surface area contributed by atoms with Crippen molar-refractivity contribution in [2.24, 2.45) is 5.41 Å². The van der Waals surface area contributed by atoms with E-state index >= 15 is 0 Å². The van der Waals surface area contributed by atoms with Crippen LogP contribution in [0.25, 0.3) is 0 Å². The van der Waals surface area contributed by atoms with Gasteiger partial charge in [0, 0.05) is 11.8 Å². The van der Waals surface area contributed by atoms with E-state index in [0.29, 0.717) is 12.2 Å². The Bertz CT molecular complexity index is 555. The zero-order chi connectivity index (χ0) is 15.6. The molecule has 1 spiro atoms. The van der Waals surface area contributed by atoms with Gasteiger partial charge in [0.05, 0.1) is 12.5 Å². The van der Waals surface area contributed by atoms with Crippen molar-refractivity contribution in [2.75, 3.05) is 7.11 Å². The van der Waals surface area contributed by atoms with Crippen LogP contribution >= 0.6 is 0 Å². The van der Waals surface area contributed by atoms with Gasteiger partial charge in [-0.3, -0.25) is 4.79 Å². The Kier molecular flexibility index (Phi) is 4.07. The third-order valence-electron chi connectivity index (χ3n) is 5.81. The molecule has 2 saturated carbocycles. The predicted octanol–water partition coefficient (Wildman–Crippen LogP) is 3.84. The molecule has 0 bridgehead atoms. The summed E-state index contributed by atoms with van der Waals surface area (Å²) in [4.78, 5) is 24.8. The molecule has 1 aromatic carbocycles. The fourth-order valence-corrected chi connectivity index (χ4v) is 4.63. The van der Waals surface area contributed by atoms with Crippen LogP contribution in [0.3, 0.4) is 0 Å². The van der Waals surface area contributed by atoms with Crippen LogP contribution in [0, 0.1) is 5.41 Å². The number of rotatable bonds is 4. The Morgan fingerprint density at radius 1 is 1.05 bits per heavy atom. The lowest BCUT2D eigenvalue weighted by atomic mass is 9.57. The van der Waals surface area contributed by atoms with Crippen LogP contribution in [0.2, 0.25) is 0 Å². The Hall–Kier alpha value is -1.64. The number of ketones is 1. The molecule has 3 rings (SSSR count). The van der Waals surface area contributed by atoms with E-state index in [1.807, 2.05) is 24.3 Å². The summed E-state index contributed by atoms with van der Waals surface area (Å²) >= 11 is 0. The van der Waals surface area contributed by atoms with Crippen molar-refractivity contribution >= 4 is 12.1 Å². The molecule has 1 atom stereocenters. The average molecular weight is 300 g/mol. The van der Waals surface area contributed by atoms with E-state index in [1.54, 1.807) is 7.11 Å². The van der Waals surface area contributed by atoms with Crippen LogP contribution in [-0.2, 0) is 15.0 Å². The van der Waals surface area contributed by atoms with E-state index in [2.05, 4.69) is 0 Å². The number of aldehydes is 1. The highest BCUT2D eigenvalue weighted by molar-refractivity contribution is 5.97. The summed E-state index contributed by atoms with van der Waals surface area (Å²) in [5.74, 6) is 1.10. The number of hydrogen-bond donors (Lipinski definition) is 0. The molecule has 0 aliphatic heterocycles. The van der Waals surface area contributed by atoms with Crippen LogP contribution in [-0.4, -0.2) is 19.2 Å². The van der Waals surface area contributed by atoms with E-state index in [4.69, 9.17) is 4.74 Å². The first-order chi connectivity index (χ1) is 10.7. The Balaban J connectivity index is 2.02. The van der Waals surface area contributed by atoms with Crippen LogP contribution in [0.4, 0.5) is 0 Å². The summed E-state index contributed by atoms with van der Waals surface area (Å²) < 4.78 is 5.22. The summed E-state index contributed by atoms with van der Waals surface area (Å²) in [5, 5.41) is 0. The smallest absolute Gasteiger partial charge is 0.149 e. The first kappa shape index (κ1) is 15.3. The lowest BCUT2D eigenvalue weighted by Gasteiger charge is -2.44. The topological polar surface area (TPSA) is 43.4 Å². The fourth-order valence-electron chi connectivity index (χ4n) is 4.63. The van der Waals surface area contributed by atoms with Gasteiger partial charge in [0.1, 0.15) is 17.8 Å². The monoisotopic (exact) mass is 300 g/mol. The second-order valence-electron chi connectivity index (χ2n) is 6.85. The largest absolute Gasteiger partial charge is 0.497 e. The van der Waals surface area contributed by atoms with Gasteiger partial charge in [-0.2, -0.15) is 0 Å². The highest BCUT2D eigenvalue weighted by Gasteiger charge is 2.54. The van der Waals surface area contributed by atoms with Crippen molar-refractivity contribution in [2.45, 2.75) is 56.8 Å². The summed E-state index contributed by atoms with van der Waals surface area (Å²) in [5.41, 5.74) is 0.203. The molecule has 0 heterocycles. The summed E-state index contributed by atoms with van der Waals surface area (Å²) in [6.45, 7) is 0. The van der Waals surface area contributed by atoms with E-state index in [1.165, 1.54) is 0 Å². The molecule has 2 aliphatic carbocycles. The number of ether oxygens (including phenoxy) is 1. The zero-order valence-electron chi connectivity index (χ0n) is 13.3. The first-order valence-electron chi connectivity index (χ1n) is 8.30. The average Bonchev–Trinajstić information content (AvgIpc) is 3.02. The van der Waals surface area contributed by atoms with Gasteiger partial charge in [0.15, 0.2) is 0 Å². The quantitative estimate of drug-likeness (QED) is 0.794. The number of carbonyl (C=O) groups is 2. The molecule has 2 aliphatic rings. The second kappa shape index (κ2) is 5.86. The molecule has 3 nitrogen and oxygen atoms in total. The third-order valence-corrected chi connectivity index (χ3v) is 5.81. The molecule has 1 unspecified atom stereocenters. The summed E-state index contributed by atoms with van der Waals surface area (Å²) in [7, 11) is 1.63. The molecule has 3 heteroatoms. The van der Waals surface area contributed by atoms with Crippen molar-refractivity contribution < 1.29 is 14.3 Å². The van der Waals surface area contributed by atoms with Gasteiger partial charge in [-0.05, 0) is 43.4 Å². The van der Waals surface area contributed by atoms with Gasteiger partial charge in [-0.1, -0.05) is 31.4 Å². The van der Waals surface area contributed by atoms with Crippen LogP contribution in [0.15, 0.2) is 24.3 Å². The lowest BCUT2D eigenvalue weighted by Crippen LogP contribution is -2.49. The van der Waals surface area contributed by atoms with Gasteiger partial charge in [0.25, 0.3) is 0 Å². The zero-order valence-corrected chi connectivity index (χ0v) is 13.3. The highest BCUT2D eigenvalue weighted by Crippen LogP contribution is 2.54. The maximum absolute atomic E-state index is 13.4. The van der Waals surface area contributed by atoms with Crippen molar-refractivity contribution in [1.29, 1.82) is 0 Å². The second-order valence-corrected chi connectivity index (χ2v) is 6.85. The van der Waals surface area contributed by atoms with Gasteiger partial charge in [0.2, 0.25) is 0 Å².